The molecular formula is C24H34O3S. The van der Waals surface area contributed by atoms with Crippen molar-refractivity contribution in [2.75, 3.05) is 7.11 Å². The Kier molecular flexibility index (Phi) is 7.53. The lowest BCUT2D eigenvalue weighted by Crippen LogP contribution is -2.40. The van der Waals surface area contributed by atoms with E-state index in [1.54, 1.807) is 11.3 Å². The Labute approximate surface area is 173 Å². The number of methoxy groups -OCH3 is 1. The minimum absolute atomic E-state index is 0.189. The van der Waals surface area contributed by atoms with Crippen LogP contribution in [0.25, 0.3) is 0 Å². The predicted octanol–water partition coefficient (Wildman–Crippen LogP) is 6.08. The van der Waals surface area contributed by atoms with Crippen molar-refractivity contribution in [3.63, 3.8) is 0 Å². The maximum Gasteiger partial charge on any atom is 0.348 e. The summed E-state index contributed by atoms with van der Waals surface area (Å²) < 4.78 is 4.78. The second-order valence-corrected chi connectivity index (χ2v) is 9.52. The molecule has 0 aliphatic heterocycles. The molecule has 0 aromatic carbocycles. The summed E-state index contributed by atoms with van der Waals surface area (Å²) in [4.78, 5) is 13.5. The average molecular weight is 403 g/mol. The van der Waals surface area contributed by atoms with Gasteiger partial charge in [0.2, 0.25) is 0 Å². The first kappa shape index (κ1) is 21.3. The number of carbonyl (C=O) groups is 1. The number of ether oxygens (including phenoxy) is 1. The van der Waals surface area contributed by atoms with Gasteiger partial charge in [0, 0.05) is 4.88 Å². The number of aliphatic hydroxyl groups excluding tert-OH is 1. The summed E-state index contributed by atoms with van der Waals surface area (Å²) in [5, 5.41) is 10.6. The van der Waals surface area contributed by atoms with Crippen molar-refractivity contribution in [1.82, 2.24) is 0 Å². The van der Waals surface area contributed by atoms with Gasteiger partial charge in [-0.15, -0.1) is 11.3 Å². The molecule has 0 radical (unpaired) electrons. The summed E-state index contributed by atoms with van der Waals surface area (Å²) >= 11 is 1.55. The molecule has 0 saturated heterocycles. The summed E-state index contributed by atoms with van der Waals surface area (Å²) in [7, 11) is 1.43. The molecule has 1 heterocycles. The molecule has 2 aliphatic rings. The Balaban J connectivity index is 1.43. The van der Waals surface area contributed by atoms with Gasteiger partial charge < -0.3 is 9.84 Å². The van der Waals surface area contributed by atoms with E-state index in [0.717, 1.165) is 32.1 Å². The van der Waals surface area contributed by atoms with E-state index in [2.05, 4.69) is 25.2 Å². The van der Waals surface area contributed by atoms with Crippen molar-refractivity contribution in [3.8, 4) is 0 Å². The van der Waals surface area contributed by atoms with E-state index in [1.165, 1.54) is 49.7 Å². The van der Waals surface area contributed by atoms with Crippen molar-refractivity contribution in [2.45, 2.75) is 77.2 Å². The molecule has 3 rings (SSSR count). The molecule has 28 heavy (non-hydrogen) atoms. The summed E-state index contributed by atoms with van der Waals surface area (Å²) in [6.45, 7) is 2.21. The molecule has 1 N–H and O–H groups in total. The van der Waals surface area contributed by atoms with E-state index in [9.17, 15) is 9.90 Å². The van der Waals surface area contributed by atoms with Gasteiger partial charge in [-0.2, -0.15) is 0 Å². The highest BCUT2D eigenvalue weighted by Crippen LogP contribution is 2.47. The smallest absolute Gasteiger partial charge is 0.348 e. The number of rotatable bonds is 10. The fourth-order valence-corrected chi connectivity index (χ4v) is 5.65. The quantitative estimate of drug-likeness (QED) is 0.482. The summed E-state index contributed by atoms with van der Waals surface area (Å²) in [5.74, 6) is 0.397. The molecule has 0 bridgehead atoms. The summed E-state index contributed by atoms with van der Waals surface area (Å²) in [5.41, 5.74) is 1.64. The zero-order valence-electron chi connectivity index (χ0n) is 17.3. The van der Waals surface area contributed by atoms with Crippen LogP contribution in [0, 0.1) is 11.3 Å². The van der Waals surface area contributed by atoms with E-state index in [0.29, 0.717) is 10.8 Å². The lowest BCUT2D eigenvalue weighted by atomic mass is 9.63. The number of hydrogen-bond donors (Lipinski definition) is 1. The summed E-state index contributed by atoms with van der Waals surface area (Å²) in [6, 6.07) is 3.92. The largest absolute Gasteiger partial charge is 0.465 e. The van der Waals surface area contributed by atoms with Crippen LogP contribution in [0.1, 0.15) is 79.3 Å². The van der Waals surface area contributed by atoms with Crippen LogP contribution in [0.2, 0.25) is 0 Å². The van der Waals surface area contributed by atoms with Gasteiger partial charge >= 0.3 is 5.97 Å². The van der Waals surface area contributed by atoms with Gasteiger partial charge in [0.05, 0.1) is 13.2 Å². The highest BCUT2D eigenvalue weighted by Gasteiger charge is 2.40. The minimum Gasteiger partial charge on any atom is -0.465 e. The van der Waals surface area contributed by atoms with Gasteiger partial charge in [0.15, 0.2) is 0 Å². The van der Waals surface area contributed by atoms with E-state index in [1.807, 2.05) is 12.1 Å². The zero-order chi connectivity index (χ0) is 20.0. The monoisotopic (exact) mass is 402 g/mol. The molecule has 1 aromatic rings. The number of esters is 1. The number of hydrogen-bond acceptors (Lipinski definition) is 4. The minimum atomic E-state index is -0.239. The van der Waals surface area contributed by atoms with Gasteiger partial charge in [-0.1, -0.05) is 31.6 Å². The highest BCUT2D eigenvalue weighted by atomic mass is 32.1. The fourth-order valence-electron chi connectivity index (χ4n) is 4.68. The van der Waals surface area contributed by atoms with Crippen molar-refractivity contribution >= 4 is 17.3 Å². The normalized spacial score (nSPS) is 22.1. The summed E-state index contributed by atoms with van der Waals surface area (Å²) in [6.07, 6.45) is 17.9. The molecule has 1 unspecified atom stereocenters. The van der Waals surface area contributed by atoms with Crippen LogP contribution in [0.15, 0.2) is 35.9 Å². The Morgan fingerprint density at radius 2 is 2.25 bits per heavy atom. The average Bonchev–Trinajstić information content (AvgIpc) is 3.30. The molecule has 3 nitrogen and oxygen atoms in total. The molecule has 0 amide bonds. The Bertz CT molecular complexity index is 706. The Morgan fingerprint density at radius 1 is 1.43 bits per heavy atom. The second kappa shape index (κ2) is 9.89. The van der Waals surface area contributed by atoms with E-state index >= 15 is 0 Å². The van der Waals surface area contributed by atoms with Crippen LogP contribution in [-0.2, 0) is 11.2 Å². The van der Waals surface area contributed by atoms with Gasteiger partial charge in [0.1, 0.15) is 4.88 Å². The number of thiophene rings is 1. The lowest BCUT2D eigenvalue weighted by Gasteiger charge is -2.45. The standard InChI is InChI=1S/C24H34O3S/c1-3-24(16-7-17-24)22(25)13-6-11-19-9-4-8-18(19)10-5-12-20-14-15-21(28-20)23(26)27-2/h6,9,11,14-15,18,22,25H,3-5,7-8,10,12-13,16-17H2,1-2H3/b11-6+/t18-,22?/m1/s1. The molecule has 154 valence electrons. The van der Waals surface area contributed by atoms with E-state index < -0.39 is 0 Å². The van der Waals surface area contributed by atoms with Crippen molar-refractivity contribution in [1.29, 1.82) is 0 Å². The molecule has 0 spiro atoms. The van der Waals surface area contributed by atoms with Crippen LogP contribution >= 0.6 is 11.3 Å². The van der Waals surface area contributed by atoms with Crippen LogP contribution in [-0.4, -0.2) is 24.3 Å². The molecule has 1 saturated carbocycles. The number of aryl methyl sites for hydroxylation is 1. The van der Waals surface area contributed by atoms with Crippen LogP contribution < -0.4 is 0 Å². The first-order valence-corrected chi connectivity index (χ1v) is 11.6. The zero-order valence-corrected chi connectivity index (χ0v) is 18.1. The molecular weight excluding hydrogens is 368 g/mol. The molecule has 2 atom stereocenters. The van der Waals surface area contributed by atoms with Gasteiger partial charge in [-0.3, -0.25) is 0 Å². The van der Waals surface area contributed by atoms with Gasteiger partial charge in [0.25, 0.3) is 0 Å². The maximum atomic E-state index is 11.6. The van der Waals surface area contributed by atoms with Crippen LogP contribution in [0.3, 0.4) is 0 Å². The van der Waals surface area contributed by atoms with Crippen molar-refractivity contribution < 1.29 is 14.6 Å². The number of carbonyl (C=O) groups excluding carboxylic acids is 1. The van der Waals surface area contributed by atoms with Crippen molar-refractivity contribution in [2.24, 2.45) is 11.3 Å². The number of allylic oxidation sites excluding steroid dienone is 3. The Hall–Kier alpha value is -1.39. The first-order chi connectivity index (χ1) is 13.6. The van der Waals surface area contributed by atoms with E-state index in [4.69, 9.17) is 4.74 Å². The van der Waals surface area contributed by atoms with Crippen LogP contribution in [0.5, 0.6) is 0 Å². The van der Waals surface area contributed by atoms with Gasteiger partial charge in [-0.05, 0) is 86.8 Å². The lowest BCUT2D eigenvalue weighted by molar-refractivity contribution is -0.0354. The van der Waals surface area contributed by atoms with Gasteiger partial charge in [-0.25, -0.2) is 4.79 Å². The third kappa shape index (κ3) is 4.96. The third-order valence-corrected chi connectivity index (χ3v) is 7.95. The third-order valence-electron chi connectivity index (χ3n) is 6.82. The molecule has 1 fully saturated rings. The number of aliphatic hydroxyl groups is 1. The topological polar surface area (TPSA) is 46.5 Å². The first-order valence-electron chi connectivity index (χ1n) is 10.8. The Morgan fingerprint density at radius 3 is 2.93 bits per heavy atom. The highest BCUT2D eigenvalue weighted by molar-refractivity contribution is 7.13. The second-order valence-electron chi connectivity index (χ2n) is 8.35. The molecule has 2 aliphatic carbocycles. The maximum absolute atomic E-state index is 11.6. The van der Waals surface area contributed by atoms with Crippen molar-refractivity contribution in [3.05, 3.63) is 45.7 Å². The van der Waals surface area contributed by atoms with Crippen LogP contribution in [0.4, 0.5) is 0 Å². The SMILES string of the molecule is CCC1(C(O)C/C=C/C2=CCC[C@@H]2CCCc2ccc(C(=O)OC)s2)CCC1. The molecule has 4 heteroatoms. The van der Waals surface area contributed by atoms with E-state index in [-0.39, 0.29) is 17.5 Å². The predicted molar refractivity (Wildman–Crippen MR) is 116 cm³/mol. The molecule has 1 aromatic heterocycles. The fraction of sp³-hybridized carbons (Fsp3) is 0.625.